The average molecular weight is 301 g/mol. The lowest BCUT2D eigenvalue weighted by Gasteiger charge is -2.19. The molecule has 0 nitrogen and oxygen atoms in total. The van der Waals surface area contributed by atoms with Crippen LogP contribution in [0.4, 0.5) is 0 Å². The van der Waals surface area contributed by atoms with Gasteiger partial charge in [-0.2, -0.15) is 0 Å². The number of rotatable bonds is 0. The Hall–Kier alpha value is -0.990. The van der Waals surface area contributed by atoms with Crippen LogP contribution in [-0.2, 0) is 0 Å². The molecule has 2 aromatic rings. The molecule has 2 aliphatic rings. The fourth-order valence-electron chi connectivity index (χ4n) is 2.63. The number of halogens is 1. The monoisotopic (exact) mass is 300 g/mol. The molecule has 4 rings (SSSR count). The fourth-order valence-corrected chi connectivity index (χ4v) is 4.24. The van der Waals surface area contributed by atoms with E-state index < -0.39 is 0 Å². The molecule has 6 bridgehead atoms. The highest BCUT2D eigenvalue weighted by molar-refractivity contribution is 9.10. The van der Waals surface area contributed by atoms with E-state index in [4.69, 9.17) is 0 Å². The van der Waals surface area contributed by atoms with Gasteiger partial charge in [0.25, 0.3) is 0 Å². The van der Waals surface area contributed by atoms with E-state index in [-0.39, 0.29) is 0 Å². The first-order chi connectivity index (χ1) is 8.33. The van der Waals surface area contributed by atoms with E-state index in [0.717, 1.165) is 0 Å². The van der Waals surface area contributed by atoms with Crippen LogP contribution in [0.2, 0.25) is 0 Å². The quantitative estimate of drug-likeness (QED) is 0.654. The molecule has 1 unspecified atom stereocenters. The highest BCUT2D eigenvalue weighted by Gasteiger charge is 2.26. The van der Waals surface area contributed by atoms with Crippen molar-refractivity contribution in [1.29, 1.82) is 0 Å². The molecule has 0 aromatic heterocycles. The van der Waals surface area contributed by atoms with Gasteiger partial charge in [-0.05, 0) is 41.0 Å². The van der Waals surface area contributed by atoms with Crippen molar-refractivity contribution in [3.8, 4) is 0 Å². The lowest BCUT2D eigenvalue weighted by atomic mass is 9.93. The SMILES string of the molecule is Brc1ccc2c3c1C(C=C3)c1cccc(c1)S2. The molecular weight excluding hydrogens is 292 g/mol. The molecule has 17 heavy (non-hydrogen) atoms. The molecule has 1 aliphatic heterocycles. The summed E-state index contributed by atoms with van der Waals surface area (Å²) in [6, 6.07) is 13.3. The summed E-state index contributed by atoms with van der Waals surface area (Å²) < 4.78 is 1.22. The Morgan fingerprint density at radius 2 is 2.06 bits per heavy atom. The van der Waals surface area contributed by atoms with Gasteiger partial charge in [0, 0.05) is 20.2 Å². The fraction of sp³-hybridized carbons (Fsp3) is 0.0667. The second-order valence-electron chi connectivity index (χ2n) is 4.38. The molecule has 1 heterocycles. The van der Waals surface area contributed by atoms with Crippen LogP contribution in [0, 0.1) is 0 Å². The Labute approximate surface area is 113 Å². The van der Waals surface area contributed by atoms with Gasteiger partial charge in [-0.25, -0.2) is 0 Å². The summed E-state index contributed by atoms with van der Waals surface area (Å²) in [5, 5.41) is 0. The van der Waals surface area contributed by atoms with Gasteiger partial charge < -0.3 is 0 Å². The van der Waals surface area contributed by atoms with E-state index in [9.17, 15) is 0 Å². The third kappa shape index (κ3) is 1.37. The van der Waals surface area contributed by atoms with Crippen LogP contribution in [0.25, 0.3) is 6.08 Å². The van der Waals surface area contributed by atoms with Crippen LogP contribution >= 0.6 is 27.7 Å². The molecule has 1 aliphatic carbocycles. The van der Waals surface area contributed by atoms with Gasteiger partial charge in [-0.3, -0.25) is 0 Å². The highest BCUT2D eigenvalue weighted by Crippen LogP contribution is 2.47. The first-order valence-electron chi connectivity index (χ1n) is 5.61. The van der Waals surface area contributed by atoms with E-state index in [2.05, 4.69) is 64.5 Å². The van der Waals surface area contributed by atoms with Gasteiger partial charge >= 0.3 is 0 Å². The molecule has 82 valence electrons. The standard InChI is InChI=1S/C15H9BrS/c16-13-6-7-14-12-5-4-11(15(12)13)9-2-1-3-10(8-9)17-14/h1-8,11H. The van der Waals surface area contributed by atoms with Crippen molar-refractivity contribution in [1.82, 2.24) is 0 Å². The van der Waals surface area contributed by atoms with Gasteiger partial charge in [0.2, 0.25) is 0 Å². The van der Waals surface area contributed by atoms with Crippen LogP contribution in [-0.4, -0.2) is 0 Å². The maximum Gasteiger partial charge on any atom is 0.0290 e. The predicted octanol–water partition coefficient (Wildman–Crippen LogP) is 5.07. The summed E-state index contributed by atoms with van der Waals surface area (Å²) in [5.74, 6) is 0.417. The minimum atomic E-state index is 0.417. The van der Waals surface area contributed by atoms with Gasteiger partial charge in [0.05, 0.1) is 0 Å². The Bertz CT molecular complexity index is 658. The smallest absolute Gasteiger partial charge is 0.0290 e. The number of fused-ring (bicyclic) bond motifs is 3. The summed E-state index contributed by atoms with van der Waals surface area (Å²) in [7, 11) is 0. The normalized spacial score (nSPS) is 19.0. The lowest BCUT2D eigenvalue weighted by Crippen LogP contribution is -2.00. The number of hydrogen-bond donors (Lipinski definition) is 0. The molecular formula is C15H9BrS. The van der Waals surface area contributed by atoms with Crippen LogP contribution in [0.1, 0.15) is 22.6 Å². The second kappa shape index (κ2) is 3.50. The minimum Gasteiger partial charge on any atom is -0.0895 e. The average Bonchev–Trinajstić information content (AvgIpc) is 2.79. The van der Waals surface area contributed by atoms with E-state index in [1.165, 1.54) is 31.0 Å². The third-order valence-corrected chi connectivity index (χ3v) is 5.16. The Morgan fingerprint density at radius 3 is 3.00 bits per heavy atom. The van der Waals surface area contributed by atoms with E-state index in [1.54, 1.807) is 0 Å². The molecule has 1 atom stereocenters. The van der Waals surface area contributed by atoms with Crippen LogP contribution in [0.3, 0.4) is 0 Å². The zero-order valence-electron chi connectivity index (χ0n) is 8.98. The zero-order valence-corrected chi connectivity index (χ0v) is 11.4. The molecule has 0 saturated heterocycles. The summed E-state index contributed by atoms with van der Waals surface area (Å²) in [5.41, 5.74) is 4.20. The maximum absolute atomic E-state index is 3.69. The van der Waals surface area contributed by atoms with Crippen LogP contribution in [0.15, 0.2) is 56.7 Å². The summed E-state index contributed by atoms with van der Waals surface area (Å²) in [4.78, 5) is 2.70. The largest absolute Gasteiger partial charge is 0.0895 e. The lowest BCUT2D eigenvalue weighted by molar-refractivity contribution is 1.02. The Balaban J connectivity index is 2.10. The van der Waals surface area contributed by atoms with Crippen LogP contribution in [0.5, 0.6) is 0 Å². The highest BCUT2D eigenvalue weighted by atomic mass is 79.9. The van der Waals surface area contributed by atoms with Crippen molar-refractivity contribution >= 4 is 33.8 Å². The molecule has 2 aromatic carbocycles. The minimum absolute atomic E-state index is 0.417. The molecule has 0 fully saturated rings. The summed E-state index contributed by atoms with van der Waals surface area (Å²) in [6.45, 7) is 0. The van der Waals surface area contributed by atoms with E-state index >= 15 is 0 Å². The molecule has 0 N–H and O–H groups in total. The first-order valence-corrected chi connectivity index (χ1v) is 7.22. The van der Waals surface area contributed by atoms with Gasteiger partial charge in [0.1, 0.15) is 0 Å². The van der Waals surface area contributed by atoms with Gasteiger partial charge in [0.15, 0.2) is 0 Å². The second-order valence-corrected chi connectivity index (χ2v) is 6.35. The number of allylic oxidation sites excluding steroid dienone is 1. The van der Waals surface area contributed by atoms with Gasteiger partial charge in [-0.15, -0.1) is 0 Å². The topological polar surface area (TPSA) is 0 Å². The number of hydrogen-bond acceptors (Lipinski definition) is 1. The molecule has 0 amide bonds. The predicted molar refractivity (Wildman–Crippen MR) is 75.6 cm³/mol. The summed E-state index contributed by atoms with van der Waals surface area (Å²) in [6.07, 6.45) is 4.58. The van der Waals surface area contributed by atoms with E-state index in [0.29, 0.717) is 5.92 Å². The summed E-state index contributed by atoms with van der Waals surface area (Å²) >= 11 is 5.55. The molecule has 0 spiro atoms. The van der Waals surface area contributed by atoms with Crippen molar-refractivity contribution in [3.05, 3.63) is 63.6 Å². The number of benzene rings is 2. The van der Waals surface area contributed by atoms with E-state index in [1.807, 2.05) is 11.8 Å². The van der Waals surface area contributed by atoms with Crippen molar-refractivity contribution in [2.24, 2.45) is 0 Å². The Kier molecular flexibility index (Phi) is 2.06. The first kappa shape index (κ1) is 9.98. The third-order valence-electron chi connectivity index (χ3n) is 3.41. The molecule has 0 radical (unpaired) electrons. The van der Waals surface area contributed by atoms with Crippen molar-refractivity contribution in [2.45, 2.75) is 15.7 Å². The Morgan fingerprint density at radius 1 is 1.12 bits per heavy atom. The molecule has 0 saturated carbocycles. The van der Waals surface area contributed by atoms with Crippen molar-refractivity contribution in [3.63, 3.8) is 0 Å². The van der Waals surface area contributed by atoms with Gasteiger partial charge in [-0.1, -0.05) is 52.0 Å². The molecule has 2 heteroatoms. The van der Waals surface area contributed by atoms with Crippen LogP contribution < -0.4 is 0 Å². The van der Waals surface area contributed by atoms with Crippen molar-refractivity contribution in [2.75, 3.05) is 0 Å². The zero-order chi connectivity index (χ0) is 11.4. The van der Waals surface area contributed by atoms with Crippen molar-refractivity contribution < 1.29 is 0 Å². The maximum atomic E-state index is 3.69.